The molecule has 1 saturated carbocycles. The van der Waals surface area contributed by atoms with Crippen molar-refractivity contribution in [2.24, 2.45) is 28.4 Å². The van der Waals surface area contributed by atoms with Gasteiger partial charge in [0.2, 0.25) is 0 Å². The molecule has 0 saturated heterocycles. The fourth-order valence-electron chi connectivity index (χ4n) is 5.64. The van der Waals surface area contributed by atoms with Crippen LogP contribution in [0.4, 0.5) is 4.39 Å². The number of fused-ring (bicyclic) bond motifs is 4. The SMILES string of the molecule is C[C@]12C=C[C@H](O)C[C@H]1C[C@H](O)C1=C3C=C(F)[C@H](N)[C@@]3(C)CC[C@@H]12. The zero-order valence-electron chi connectivity index (χ0n) is 13.8. The average molecular weight is 319 g/mol. The number of aliphatic hydroxyl groups excluding tert-OH is 2. The van der Waals surface area contributed by atoms with E-state index in [1.165, 1.54) is 0 Å². The molecule has 0 unspecified atom stereocenters. The summed E-state index contributed by atoms with van der Waals surface area (Å²) in [5.41, 5.74) is 7.59. The van der Waals surface area contributed by atoms with E-state index in [2.05, 4.69) is 13.0 Å². The van der Waals surface area contributed by atoms with Crippen LogP contribution in [-0.4, -0.2) is 28.5 Å². The Balaban J connectivity index is 1.86. The number of hydrogen-bond acceptors (Lipinski definition) is 3. The zero-order chi connectivity index (χ0) is 16.6. The third kappa shape index (κ3) is 1.92. The van der Waals surface area contributed by atoms with Gasteiger partial charge in [-0.05, 0) is 60.2 Å². The summed E-state index contributed by atoms with van der Waals surface area (Å²) in [6, 6.07) is -0.590. The Kier molecular flexibility index (Phi) is 3.23. The van der Waals surface area contributed by atoms with Gasteiger partial charge in [0.25, 0.3) is 0 Å². The molecule has 0 aliphatic heterocycles. The molecule has 0 spiro atoms. The molecule has 0 bridgehead atoms. The highest BCUT2D eigenvalue weighted by Crippen LogP contribution is 2.61. The zero-order valence-corrected chi connectivity index (χ0v) is 13.8. The maximum atomic E-state index is 14.2. The van der Waals surface area contributed by atoms with Crippen molar-refractivity contribution in [3.05, 3.63) is 35.2 Å². The number of hydrogen-bond donors (Lipinski definition) is 3. The smallest absolute Gasteiger partial charge is 0.118 e. The van der Waals surface area contributed by atoms with Gasteiger partial charge in [-0.1, -0.05) is 26.0 Å². The van der Waals surface area contributed by atoms with Gasteiger partial charge in [-0.2, -0.15) is 0 Å². The van der Waals surface area contributed by atoms with Crippen molar-refractivity contribution >= 4 is 0 Å². The number of allylic oxidation sites excluding steroid dienone is 2. The molecular weight excluding hydrogens is 293 g/mol. The number of aliphatic hydroxyl groups is 2. The summed E-state index contributed by atoms with van der Waals surface area (Å²) in [5, 5.41) is 20.8. The lowest BCUT2D eigenvalue weighted by atomic mass is 9.50. The highest BCUT2D eigenvalue weighted by Gasteiger charge is 2.56. The van der Waals surface area contributed by atoms with E-state index in [1.54, 1.807) is 6.08 Å². The fraction of sp³-hybridized carbons (Fsp3) is 0.684. The van der Waals surface area contributed by atoms with Gasteiger partial charge in [0, 0.05) is 5.41 Å². The molecular formula is C19H26FNO2. The molecule has 4 aliphatic carbocycles. The molecule has 0 radical (unpaired) electrons. The standard InChI is InChI=1S/C19H26FNO2/c1-18-5-3-11(22)7-10(18)8-15(23)16-12(18)4-6-19(2)13(16)9-14(20)17(19)21/h3,5,9-12,15,17,22-23H,4,6-8,21H2,1-2H3/t10-,11-,12-,15-,17-,18-,19-/m0/s1. The third-order valence-electron chi connectivity index (χ3n) is 7.22. The Morgan fingerprint density at radius 3 is 2.74 bits per heavy atom. The molecule has 0 aromatic carbocycles. The summed E-state index contributed by atoms with van der Waals surface area (Å²) in [6.45, 7) is 4.26. The minimum atomic E-state index is -0.590. The van der Waals surface area contributed by atoms with Crippen LogP contribution in [0.2, 0.25) is 0 Å². The monoisotopic (exact) mass is 319 g/mol. The molecule has 4 N–H and O–H groups in total. The molecule has 4 heteroatoms. The van der Waals surface area contributed by atoms with Gasteiger partial charge < -0.3 is 15.9 Å². The molecule has 4 rings (SSSR count). The van der Waals surface area contributed by atoms with Crippen LogP contribution in [-0.2, 0) is 0 Å². The van der Waals surface area contributed by atoms with E-state index in [9.17, 15) is 14.6 Å². The van der Waals surface area contributed by atoms with Crippen molar-refractivity contribution in [2.45, 2.75) is 57.8 Å². The van der Waals surface area contributed by atoms with E-state index < -0.39 is 23.7 Å². The Morgan fingerprint density at radius 1 is 1.26 bits per heavy atom. The molecule has 1 fully saturated rings. The van der Waals surface area contributed by atoms with Gasteiger partial charge in [-0.15, -0.1) is 0 Å². The molecule has 126 valence electrons. The molecule has 0 aromatic rings. The van der Waals surface area contributed by atoms with Crippen molar-refractivity contribution in [1.29, 1.82) is 0 Å². The minimum absolute atomic E-state index is 0.0703. The molecule has 0 heterocycles. The third-order valence-corrected chi connectivity index (χ3v) is 7.22. The van der Waals surface area contributed by atoms with Crippen LogP contribution in [0.25, 0.3) is 0 Å². The first-order valence-corrected chi connectivity index (χ1v) is 8.70. The van der Waals surface area contributed by atoms with Gasteiger partial charge in [0.15, 0.2) is 0 Å². The predicted octanol–water partition coefficient (Wildman–Crippen LogP) is 2.60. The lowest BCUT2D eigenvalue weighted by molar-refractivity contribution is -0.000762. The van der Waals surface area contributed by atoms with Crippen LogP contribution in [0.15, 0.2) is 35.2 Å². The maximum Gasteiger partial charge on any atom is 0.118 e. The van der Waals surface area contributed by atoms with E-state index in [4.69, 9.17) is 5.73 Å². The van der Waals surface area contributed by atoms with Crippen LogP contribution >= 0.6 is 0 Å². The van der Waals surface area contributed by atoms with Crippen molar-refractivity contribution in [1.82, 2.24) is 0 Å². The summed E-state index contributed by atoms with van der Waals surface area (Å²) in [6.07, 6.45) is 7.73. The van der Waals surface area contributed by atoms with Gasteiger partial charge >= 0.3 is 0 Å². The Bertz CT molecular complexity index is 639. The molecule has 0 aromatic heterocycles. The molecule has 4 aliphatic rings. The Labute approximate surface area is 136 Å². The molecule has 0 amide bonds. The number of nitrogens with two attached hydrogens (primary N) is 1. The van der Waals surface area contributed by atoms with Crippen molar-refractivity contribution in [3.8, 4) is 0 Å². The van der Waals surface area contributed by atoms with Gasteiger partial charge in [-0.25, -0.2) is 4.39 Å². The van der Waals surface area contributed by atoms with Crippen LogP contribution in [0.5, 0.6) is 0 Å². The summed E-state index contributed by atoms with van der Waals surface area (Å²) in [5.74, 6) is 0.210. The number of halogens is 1. The quantitative estimate of drug-likeness (QED) is 0.601. The first-order valence-electron chi connectivity index (χ1n) is 8.70. The minimum Gasteiger partial charge on any atom is -0.389 e. The second kappa shape index (κ2) is 4.78. The normalized spacial score (nSPS) is 51.9. The molecule has 7 atom stereocenters. The molecule has 3 nitrogen and oxygen atoms in total. The Morgan fingerprint density at radius 2 is 2.00 bits per heavy atom. The topological polar surface area (TPSA) is 66.5 Å². The number of rotatable bonds is 0. The van der Waals surface area contributed by atoms with Gasteiger partial charge in [0.05, 0.1) is 18.2 Å². The van der Waals surface area contributed by atoms with E-state index in [-0.39, 0.29) is 23.1 Å². The predicted molar refractivity (Wildman–Crippen MR) is 87.0 cm³/mol. The highest BCUT2D eigenvalue weighted by atomic mass is 19.1. The highest BCUT2D eigenvalue weighted by molar-refractivity contribution is 5.49. The maximum absolute atomic E-state index is 14.2. The van der Waals surface area contributed by atoms with Crippen LogP contribution in [0.1, 0.15) is 39.5 Å². The van der Waals surface area contributed by atoms with Gasteiger partial charge in [-0.3, -0.25) is 0 Å². The van der Waals surface area contributed by atoms with E-state index in [1.807, 2.05) is 13.0 Å². The van der Waals surface area contributed by atoms with Crippen LogP contribution in [0.3, 0.4) is 0 Å². The second-order valence-electron chi connectivity index (χ2n) is 8.36. The van der Waals surface area contributed by atoms with Crippen LogP contribution < -0.4 is 5.73 Å². The largest absolute Gasteiger partial charge is 0.389 e. The second-order valence-corrected chi connectivity index (χ2v) is 8.36. The van der Waals surface area contributed by atoms with Crippen LogP contribution in [0, 0.1) is 22.7 Å². The lowest BCUT2D eigenvalue weighted by Crippen LogP contribution is -2.51. The van der Waals surface area contributed by atoms with Gasteiger partial charge in [0.1, 0.15) is 5.83 Å². The van der Waals surface area contributed by atoms with E-state index in [0.29, 0.717) is 12.8 Å². The summed E-state index contributed by atoms with van der Waals surface area (Å²) in [4.78, 5) is 0. The van der Waals surface area contributed by atoms with Crippen molar-refractivity contribution < 1.29 is 14.6 Å². The van der Waals surface area contributed by atoms with Crippen molar-refractivity contribution in [3.63, 3.8) is 0 Å². The lowest BCUT2D eigenvalue weighted by Gasteiger charge is -2.55. The average Bonchev–Trinajstić information content (AvgIpc) is 2.73. The summed E-state index contributed by atoms with van der Waals surface area (Å²) < 4.78 is 14.2. The first kappa shape index (κ1) is 15.6. The first-order chi connectivity index (χ1) is 10.8. The fourth-order valence-corrected chi connectivity index (χ4v) is 5.64. The molecule has 23 heavy (non-hydrogen) atoms. The summed E-state index contributed by atoms with van der Waals surface area (Å²) >= 11 is 0. The van der Waals surface area contributed by atoms with Crippen molar-refractivity contribution in [2.75, 3.05) is 0 Å². The Hall–Kier alpha value is -0.970. The summed E-state index contributed by atoms with van der Waals surface area (Å²) in [7, 11) is 0. The van der Waals surface area contributed by atoms with E-state index >= 15 is 0 Å². The van der Waals surface area contributed by atoms with E-state index in [0.717, 1.165) is 24.0 Å².